The van der Waals surface area contributed by atoms with E-state index in [9.17, 15) is 4.79 Å². The van der Waals surface area contributed by atoms with Gasteiger partial charge in [0, 0.05) is 18.1 Å². The molecule has 4 heteroatoms. The minimum absolute atomic E-state index is 0.0604. The van der Waals surface area contributed by atoms with Crippen LogP contribution in [-0.2, 0) is 9.47 Å². The first-order chi connectivity index (χ1) is 11.7. The van der Waals surface area contributed by atoms with Crippen LogP contribution in [0.15, 0.2) is 72.2 Å². The molecule has 1 aliphatic rings. The van der Waals surface area contributed by atoms with Gasteiger partial charge in [0.15, 0.2) is 5.78 Å². The average Bonchev–Trinajstić information content (AvgIpc) is 2.64. The van der Waals surface area contributed by atoms with E-state index in [1.165, 1.54) is 0 Å². The van der Waals surface area contributed by atoms with Crippen molar-refractivity contribution in [3.8, 4) is 5.75 Å². The number of hydrogen-bond acceptors (Lipinski definition) is 4. The van der Waals surface area contributed by atoms with Crippen LogP contribution in [0.4, 0.5) is 0 Å². The summed E-state index contributed by atoms with van der Waals surface area (Å²) in [5.74, 6) is 2.26. The molecule has 0 aromatic heterocycles. The maximum absolute atomic E-state index is 12.3. The number of benzene rings is 1. The lowest BCUT2D eigenvalue weighted by Gasteiger charge is -2.16. The van der Waals surface area contributed by atoms with Crippen LogP contribution >= 0.6 is 0 Å². The third-order valence-electron chi connectivity index (χ3n) is 3.67. The molecule has 0 bridgehead atoms. The molecule has 0 radical (unpaired) electrons. The van der Waals surface area contributed by atoms with Crippen molar-refractivity contribution in [2.75, 3.05) is 20.8 Å². The van der Waals surface area contributed by atoms with Crippen LogP contribution in [0.1, 0.15) is 23.2 Å². The molecule has 0 unspecified atom stereocenters. The van der Waals surface area contributed by atoms with Crippen molar-refractivity contribution in [3.63, 3.8) is 0 Å². The van der Waals surface area contributed by atoms with Crippen LogP contribution in [0.25, 0.3) is 0 Å². The van der Waals surface area contributed by atoms with Gasteiger partial charge in [0.1, 0.15) is 18.1 Å². The summed E-state index contributed by atoms with van der Waals surface area (Å²) in [6.07, 6.45) is 8.50. The standard InChI is InChI=1S/C20H22O4/c1-4-13-24-17-9-5-15(6-10-17)19(21)12-8-16-7-11-18(22-2)14-20(16)23-3/h4-6,8-10,12,14H,1,7,11,13H2,2-3H3/b12-8+. The molecule has 0 heterocycles. The first-order valence-electron chi connectivity index (χ1n) is 7.75. The molecule has 0 amide bonds. The Labute approximate surface area is 142 Å². The van der Waals surface area contributed by atoms with Crippen LogP contribution in [0.2, 0.25) is 0 Å². The molecule has 1 aromatic carbocycles. The molecule has 0 atom stereocenters. The Hall–Kier alpha value is -2.75. The van der Waals surface area contributed by atoms with E-state index in [0.717, 1.165) is 29.9 Å². The number of carbonyl (C=O) groups is 1. The lowest BCUT2D eigenvalue weighted by atomic mass is 10.0. The van der Waals surface area contributed by atoms with E-state index < -0.39 is 0 Å². The molecule has 0 N–H and O–H groups in total. The maximum atomic E-state index is 12.3. The van der Waals surface area contributed by atoms with Crippen LogP contribution in [0, 0.1) is 0 Å². The third-order valence-corrected chi connectivity index (χ3v) is 3.67. The Balaban J connectivity index is 2.08. The predicted octanol–water partition coefficient (Wildman–Crippen LogP) is 4.21. The molecule has 24 heavy (non-hydrogen) atoms. The molecule has 1 aromatic rings. The molecule has 0 saturated heterocycles. The van der Waals surface area contributed by atoms with Crippen LogP contribution in [0.3, 0.4) is 0 Å². The first-order valence-corrected chi connectivity index (χ1v) is 7.75. The molecule has 0 saturated carbocycles. The minimum atomic E-state index is -0.0604. The summed E-state index contributed by atoms with van der Waals surface area (Å²) in [6, 6.07) is 7.05. The zero-order chi connectivity index (χ0) is 17.4. The van der Waals surface area contributed by atoms with E-state index in [4.69, 9.17) is 14.2 Å². The van der Waals surface area contributed by atoms with Gasteiger partial charge in [-0.15, -0.1) is 0 Å². The largest absolute Gasteiger partial charge is 0.501 e. The quantitative estimate of drug-likeness (QED) is 0.408. The minimum Gasteiger partial charge on any atom is -0.501 e. The summed E-state index contributed by atoms with van der Waals surface area (Å²) in [6.45, 7) is 4.04. The lowest BCUT2D eigenvalue weighted by Crippen LogP contribution is -2.02. The van der Waals surface area contributed by atoms with Gasteiger partial charge >= 0.3 is 0 Å². The topological polar surface area (TPSA) is 44.8 Å². The Morgan fingerprint density at radius 1 is 1.17 bits per heavy atom. The molecular weight excluding hydrogens is 304 g/mol. The van der Waals surface area contributed by atoms with Crippen LogP contribution in [-0.4, -0.2) is 26.6 Å². The second-order valence-electron chi connectivity index (χ2n) is 5.23. The summed E-state index contributed by atoms with van der Waals surface area (Å²) >= 11 is 0. The highest BCUT2D eigenvalue weighted by atomic mass is 16.5. The number of rotatable bonds is 8. The number of allylic oxidation sites excluding steroid dienone is 5. The number of carbonyl (C=O) groups excluding carboxylic acids is 1. The normalized spacial score (nSPS) is 14.3. The number of ether oxygens (including phenoxy) is 3. The van der Waals surface area contributed by atoms with E-state index in [1.54, 1.807) is 50.6 Å². The fourth-order valence-electron chi connectivity index (χ4n) is 2.35. The van der Waals surface area contributed by atoms with E-state index in [2.05, 4.69) is 6.58 Å². The van der Waals surface area contributed by atoms with Gasteiger partial charge in [-0.3, -0.25) is 4.79 Å². The molecule has 4 nitrogen and oxygen atoms in total. The summed E-state index contributed by atoms with van der Waals surface area (Å²) in [4.78, 5) is 12.3. The fraction of sp³-hybridized carbons (Fsp3) is 0.250. The average molecular weight is 326 g/mol. The second-order valence-corrected chi connectivity index (χ2v) is 5.23. The monoisotopic (exact) mass is 326 g/mol. The Morgan fingerprint density at radius 2 is 1.92 bits per heavy atom. The molecular formula is C20H22O4. The molecule has 2 rings (SSSR count). The molecule has 0 fully saturated rings. The van der Waals surface area contributed by atoms with Crippen molar-refractivity contribution in [3.05, 3.63) is 77.8 Å². The van der Waals surface area contributed by atoms with Gasteiger partial charge in [0.25, 0.3) is 0 Å². The van der Waals surface area contributed by atoms with Gasteiger partial charge in [0.05, 0.1) is 20.0 Å². The highest BCUT2D eigenvalue weighted by Crippen LogP contribution is 2.25. The van der Waals surface area contributed by atoms with Crippen molar-refractivity contribution in [1.82, 2.24) is 0 Å². The number of methoxy groups -OCH3 is 2. The van der Waals surface area contributed by atoms with Crippen molar-refractivity contribution in [2.24, 2.45) is 0 Å². The SMILES string of the molecule is C=CCOc1ccc(C(=O)/C=C/C2=C(OC)C=C(OC)CC2)cc1. The van der Waals surface area contributed by atoms with Crippen molar-refractivity contribution < 1.29 is 19.0 Å². The van der Waals surface area contributed by atoms with Gasteiger partial charge in [0.2, 0.25) is 0 Å². The summed E-state index contributed by atoms with van der Waals surface area (Å²) in [5, 5.41) is 0. The predicted molar refractivity (Wildman–Crippen MR) is 94.0 cm³/mol. The third kappa shape index (κ3) is 4.62. The van der Waals surface area contributed by atoms with E-state index in [1.807, 2.05) is 12.2 Å². The highest BCUT2D eigenvalue weighted by Gasteiger charge is 2.13. The fourth-order valence-corrected chi connectivity index (χ4v) is 2.35. The van der Waals surface area contributed by atoms with E-state index >= 15 is 0 Å². The molecule has 1 aliphatic carbocycles. The van der Waals surface area contributed by atoms with Gasteiger partial charge in [-0.1, -0.05) is 18.7 Å². The molecule has 0 aliphatic heterocycles. The Morgan fingerprint density at radius 3 is 2.54 bits per heavy atom. The Kier molecular flexibility index (Phi) is 6.43. The first kappa shape index (κ1) is 17.6. The summed E-state index contributed by atoms with van der Waals surface area (Å²) in [7, 11) is 3.26. The van der Waals surface area contributed by atoms with Crippen LogP contribution in [0.5, 0.6) is 5.75 Å². The smallest absolute Gasteiger partial charge is 0.185 e. The number of ketones is 1. The van der Waals surface area contributed by atoms with E-state index in [-0.39, 0.29) is 5.78 Å². The second kappa shape index (κ2) is 8.77. The van der Waals surface area contributed by atoms with Gasteiger partial charge in [-0.2, -0.15) is 0 Å². The van der Waals surface area contributed by atoms with Gasteiger partial charge in [-0.25, -0.2) is 0 Å². The lowest BCUT2D eigenvalue weighted by molar-refractivity contribution is 0.104. The van der Waals surface area contributed by atoms with Gasteiger partial charge in [-0.05, 0) is 42.3 Å². The Bertz CT molecular complexity index is 678. The van der Waals surface area contributed by atoms with E-state index in [0.29, 0.717) is 17.9 Å². The zero-order valence-electron chi connectivity index (χ0n) is 14.1. The summed E-state index contributed by atoms with van der Waals surface area (Å²) in [5.41, 5.74) is 1.60. The zero-order valence-corrected chi connectivity index (χ0v) is 14.1. The molecule has 0 spiro atoms. The summed E-state index contributed by atoms with van der Waals surface area (Å²) < 4.78 is 16.0. The van der Waals surface area contributed by atoms with Crippen LogP contribution < -0.4 is 4.74 Å². The van der Waals surface area contributed by atoms with Crippen molar-refractivity contribution in [2.45, 2.75) is 12.8 Å². The van der Waals surface area contributed by atoms with Crippen molar-refractivity contribution >= 4 is 5.78 Å². The molecule has 126 valence electrons. The van der Waals surface area contributed by atoms with Crippen molar-refractivity contribution in [1.29, 1.82) is 0 Å². The highest BCUT2D eigenvalue weighted by molar-refractivity contribution is 6.04. The maximum Gasteiger partial charge on any atom is 0.185 e. The number of hydrogen-bond donors (Lipinski definition) is 0. The van der Waals surface area contributed by atoms with Gasteiger partial charge < -0.3 is 14.2 Å².